The van der Waals surface area contributed by atoms with Gasteiger partial charge in [0, 0.05) is 38.8 Å². The van der Waals surface area contributed by atoms with Crippen LogP contribution in [0.3, 0.4) is 0 Å². The molecule has 0 aromatic heterocycles. The molecule has 0 amide bonds. The average Bonchev–Trinajstić information content (AvgIpc) is 3.76. The van der Waals surface area contributed by atoms with Crippen molar-refractivity contribution in [1.29, 1.82) is 0 Å². The maximum absolute atomic E-state index is 13.2. The van der Waals surface area contributed by atoms with Gasteiger partial charge < -0.3 is 42.6 Å². The first-order chi connectivity index (χ1) is 44.9. The van der Waals surface area contributed by atoms with E-state index in [1.165, 1.54) is 51.4 Å². The molecule has 0 aliphatic rings. The van der Waals surface area contributed by atoms with Gasteiger partial charge in [0.25, 0.3) is 0 Å². The third-order valence-corrected chi connectivity index (χ3v) is 16.2. The second-order valence-corrected chi connectivity index (χ2v) is 25.1. The monoisotopic (exact) mass is 1330 g/mol. The number of carbonyl (C=O) groups excluding carboxylic acids is 9. The maximum atomic E-state index is 13.2. The lowest BCUT2D eigenvalue weighted by molar-refractivity contribution is -0.242. The highest BCUT2D eigenvalue weighted by molar-refractivity contribution is 5.74. The highest BCUT2D eigenvalue weighted by Crippen LogP contribution is 2.23. The summed E-state index contributed by atoms with van der Waals surface area (Å²) in [5.74, 6) is -4.81. The quantitative estimate of drug-likeness (QED) is 0.0195. The fourth-order valence-corrected chi connectivity index (χ4v) is 9.99. The molecule has 0 heterocycles. The highest BCUT2D eigenvalue weighted by atomic mass is 17.1. The van der Waals surface area contributed by atoms with E-state index in [1.807, 2.05) is 6.92 Å². The van der Waals surface area contributed by atoms with E-state index in [9.17, 15) is 43.2 Å². The molecule has 22 nitrogen and oxygen atoms in total. The predicted octanol–water partition coefficient (Wildman–Crippen LogP) is 13.4. The normalized spacial score (nSPS) is 12.9. The Morgan fingerprint density at radius 1 is 0.333 bits per heavy atom. The van der Waals surface area contributed by atoms with E-state index in [0.717, 1.165) is 103 Å². The van der Waals surface area contributed by atoms with Crippen LogP contribution in [0, 0.1) is 17.8 Å². The average molecular weight is 1330 g/mol. The Kier molecular flexibility index (Phi) is 58.6. The maximum Gasteiger partial charge on any atom is 0.320 e. The number of esters is 9. The highest BCUT2D eigenvalue weighted by Gasteiger charge is 2.25. The fourth-order valence-electron chi connectivity index (χ4n) is 9.99. The Hall–Kier alpha value is -4.93. The molecule has 22 heteroatoms. The van der Waals surface area contributed by atoms with E-state index in [1.54, 1.807) is 30.8 Å². The standard InChI is InChI=1S/C71H128N2O20/c1-9-14-18-22-24-28-40-59(38-26-20-16-11-3)70(81)85-49-34-30-42-63(74)87-54-61(93-66(77)45-32-36-50-86-71(82)60(39-27-21-17-12-4)41-29-25-23-19-15-10-2)56-89-67(78)52-72(7)46-47-73(8)53-68(79)90-57-62(55-88-64(75)43-33-37-51-91-83)92-65(76)44-31-35-48-84-69(80)58(6)13-5/h58-62,83H,9-57H2,1-8H3. The van der Waals surface area contributed by atoms with Gasteiger partial charge in [0.2, 0.25) is 0 Å². The predicted molar refractivity (Wildman–Crippen MR) is 355 cm³/mol. The van der Waals surface area contributed by atoms with Gasteiger partial charge in [0.05, 0.1) is 57.3 Å². The smallest absolute Gasteiger partial charge is 0.320 e. The summed E-state index contributed by atoms with van der Waals surface area (Å²) in [6, 6.07) is 0. The Morgan fingerprint density at radius 2 is 0.624 bits per heavy atom. The lowest BCUT2D eigenvalue weighted by Gasteiger charge is -2.22. The van der Waals surface area contributed by atoms with Crippen molar-refractivity contribution in [2.24, 2.45) is 17.8 Å². The van der Waals surface area contributed by atoms with Crippen LogP contribution < -0.4 is 0 Å². The van der Waals surface area contributed by atoms with E-state index >= 15 is 0 Å². The molecule has 5 atom stereocenters. The summed E-state index contributed by atoms with van der Waals surface area (Å²) in [5.41, 5.74) is 0. The molecular weight excluding hydrogens is 1200 g/mol. The summed E-state index contributed by atoms with van der Waals surface area (Å²) in [5, 5.41) is 8.54. The first-order valence-corrected chi connectivity index (χ1v) is 36.1. The molecule has 5 unspecified atom stereocenters. The number of nitrogens with zero attached hydrogens (tertiary/aromatic N) is 2. The molecule has 0 spiro atoms. The van der Waals surface area contributed by atoms with Crippen LogP contribution in [0.1, 0.15) is 279 Å². The van der Waals surface area contributed by atoms with Crippen LogP contribution in [0.25, 0.3) is 0 Å². The number of hydrogen-bond donors (Lipinski definition) is 1. The van der Waals surface area contributed by atoms with Crippen LogP contribution in [0.15, 0.2) is 0 Å². The Bertz CT molecular complexity index is 1940. The number of unbranched alkanes of at least 4 members (excludes halogenated alkanes) is 20. The van der Waals surface area contributed by atoms with E-state index < -0.39 is 61.2 Å². The first kappa shape index (κ1) is 88.1. The third-order valence-electron chi connectivity index (χ3n) is 16.2. The molecule has 0 aliphatic carbocycles. The van der Waals surface area contributed by atoms with Gasteiger partial charge in [-0.05, 0) is 97.6 Å². The second kappa shape index (κ2) is 61.9. The molecule has 0 bridgehead atoms. The van der Waals surface area contributed by atoms with E-state index in [2.05, 4.69) is 32.6 Å². The van der Waals surface area contributed by atoms with Crippen molar-refractivity contribution in [2.45, 2.75) is 291 Å². The minimum absolute atomic E-state index is 0.0102. The molecule has 93 heavy (non-hydrogen) atoms. The number of ether oxygens (including phenoxy) is 9. The lowest BCUT2D eigenvalue weighted by atomic mass is 9.94. The van der Waals surface area contributed by atoms with E-state index in [-0.39, 0.29) is 114 Å². The zero-order valence-electron chi connectivity index (χ0n) is 59.1. The molecule has 0 rings (SSSR count). The Morgan fingerprint density at radius 3 is 0.957 bits per heavy atom. The van der Waals surface area contributed by atoms with E-state index in [4.69, 9.17) is 47.9 Å². The molecular formula is C71H128N2O20. The van der Waals surface area contributed by atoms with Gasteiger partial charge in [-0.15, -0.1) is 0 Å². The molecule has 0 fully saturated rings. The van der Waals surface area contributed by atoms with Crippen molar-refractivity contribution >= 4 is 53.7 Å². The van der Waals surface area contributed by atoms with Crippen LogP contribution >= 0.6 is 0 Å². The van der Waals surface area contributed by atoms with Gasteiger partial charge >= 0.3 is 53.7 Å². The second-order valence-electron chi connectivity index (χ2n) is 25.1. The number of carbonyl (C=O) groups is 9. The van der Waals surface area contributed by atoms with Crippen LogP contribution in [-0.4, -0.2) is 174 Å². The first-order valence-electron chi connectivity index (χ1n) is 36.1. The van der Waals surface area contributed by atoms with Gasteiger partial charge in [-0.1, -0.05) is 170 Å². The SMILES string of the molecule is CCCCCCCCC(CCCCCC)C(=O)OCCCCC(=O)OCC(COC(=O)CN(C)CCN(C)CC(=O)OCC(COC(=O)CCCCOO)OC(=O)CCCCOC(=O)C(C)CC)OC(=O)CCCCOC(=O)C(CCCCCC)CCCCCCCC. The summed E-state index contributed by atoms with van der Waals surface area (Å²) in [7, 11) is 3.35. The topological polar surface area (TPSA) is 273 Å². The summed E-state index contributed by atoms with van der Waals surface area (Å²) in [6.07, 6.45) is 27.4. The molecule has 0 radical (unpaired) electrons. The number of likely N-dealkylation sites (N-methyl/N-ethyl adjacent to an activating group) is 2. The van der Waals surface area contributed by atoms with Crippen molar-refractivity contribution < 1.29 is 95.9 Å². The molecule has 1 N–H and O–H groups in total. The summed E-state index contributed by atoms with van der Waals surface area (Å²) < 4.78 is 49.7. The minimum Gasteiger partial charge on any atom is -0.465 e. The lowest BCUT2D eigenvalue weighted by Crippen LogP contribution is -2.38. The molecule has 0 aliphatic heterocycles. The molecule has 0 aromatic rings. The van der Waals surface area contributed by atoms with Crippen molar-refractivity contribution in [3.8, 4) is 0 Å². The number of rotatable bonds is 65. The van der Waals surface area contributed by atoms with Crippen LogP contribution in [0.5, 0.6) is 0 Å². The van der Waals surface area contributed by atoms with Gasteiger partial charge in [-0.3, -0.25) is 58.2 Å². The van der Waals surface area contributed by atoms with Gasteiger partial charge in [0.1, 0.15) is 26.4 Å². The summed E-state index contributed by atoms with van der Waals surface area (Å²) >= 11 is 0. The summed E-state index contributed by atoms with van der Waals surface area (Å²) in [4.78, 5) is 123. The zero-order chi connectivity index (χ0) is 69.0. The zero-order valence-corrected chi connectivity index (χ0v) is 59.1. The third kappa shape index (κ3) is 54.0. The van der Waals surface area contributed by atoms with Gasteiger partial charge in [-0.25, -0.2) is 4.89 Å². The Labute approximate surface area is 559 Å². The van der Waals surface area contributed by atoms with Crippen LogP contribution in [0.4, 0.5) is 0 Å². The van der Waals surface area contributed by atoms with Gasteiger partial charge in [-0.2, -0.15) is 0 Å². The molecule has 0 saturated carbocycles. The largest absolute Gasteiger partial charge is 0.465 e. The van der Waals surface area contributed by atoms with Crippen molar-refractivity contribution in [1.82, 2.24) is 9.80 Å². The van der Waals surface area contributed by atoms with E-state index in [0.29, 0.717) is 70.9 Å². The van der Waals surface area contributed by atoms with Crippen LogP contribution in [-0.2, 0) is 90.7 Å². The minimum atomic E-state index is -1.12. The molecule has 0 aromatic carbocycles. The fraction of sp³-hybridized carbons (Fsp3) is 0.873. The van der Waals surface area contributed by atoms with Crippen molar-refractivity contribution in [3.63, 3.8) is 0 Å². The molecule has 0 saturated heterocycles. The van der Waals surface area contributed by atoms with Crippen LogP contribution in [0.2, 0.25) is 0 Å². The molecule has 542 valence electrons. The van der Waals surface area contributed by atoms with Crippen molar-refractivity contribution in [3.05, 3.63) is 0 Å². The summed E-state index contributed by atoms with van der Waals surface area (Å²) in [6.45, 7) is 11.7. The number of hydrogen-bond acceptors (Lipinski definition) is 22. The van der Waals surface area contributed by atoms with Gasteiger partial charge in [0.15, 0.2) is 12.2 Å². The van der Waals surface area contributed by atoms with Crippen molar-refractivity contribution in [2.75, 3.05) is 93.1 Å². The Balaban J connectivity index is 5.57.